The first-order chi connectivity index (χ1) is 9.83. The van der Waals surface area contributed by atoms with Crippen molar-refractivity contribution in [3.05, 3.63) is 58.9 Å². The van der Waals surface area contributed by atoms with E-state index < -0.39 is 22.4 Å². The number of rotatable bonds is 4. The maximum atomic E-state index is 13.3. The monoisotopic (exact) mass is 309 g/mol. The zero-order chi connectivity index (χ0) is 15.6. The molecule has 2 N–H and O–H groups in total. The van der Waals surface area contributed by atoms with Gasteiger partial charge in [-0.25, -0.2) is 12.8 Å². The molecule has 0 fully saturated rings. The summed E-state index contributed by atoms with van der Waals surface area (Å²) in [5.41, 5.74) is 2.23. The fraction of sp³-hybridized carbons (Fsp3) is 0.200. The van der Waals surface area contributed by atoms with Gasteiger partial charge in [-0.15, -0.1) is 0 Å². The van der Waals surface area contributed by atoms with E-state index in [0.717, 1.165) is 23.3 Å². The number of anilines is 1. The van der Waals surface area contributed by atoms with Gasteiger partial charge in [-0.05, 0) is 43.7 Å². The largest absolute Gasteiger partial charge is 0.392 e. The molecule has 0 amide bonds. The van der Waals surface area contributed by atoms with Gasteiger partial charge in [0.25, 0.3) is 10.0 Å². The van der Waals surface area contributed by atoms with Gasteiger partial charge in [0.15, 0.2) is 0 Å². The summed E-state index contributed by atoms with van der Waals surface area (Å²) in [6.45, 7) is 3.16. The van der Waals surface area contributed by atoms with Gasteiger partial charge < -0.3 is 5.11 Å². The summed E-state index contributed by atoms with van der Waals surface area (Å²) in [6, 6.07) is 8.67. The topological polar surface area (TPSA) is 66.4 Å². The second kappa shape index (κ2) is 5.83. The Kier molecular flexibility index (Phi) is 4.29. The Balaban J connectivity index is 2.38. The Labute approximate surface area is 123 Å². The van der Waals surface area contributed by atoms with E-state index in [4.69, 9.17) is 5.11 Å². The van der Waals surface area contributed by atoms with Crippen LogP contribution < -0.4 is 4.72 Å². The molecule has 4 nitrogen and oxygen atoms in total. The van der Waals surface area contributed by atoms with E-state index >= 15 is 0 Å². The number of aliphatic hydroxyl groups is 1. The number of aliphatic hydroxyl groups excluding tert-OH is 1. The molecule has 0 aliphatic carbocycles. The first-order valence-corrected chi connectivity index (χ1v) is 7.81. The SMILES string of the molecule is Cc1ccc(NS(=O)(=O)c2ccc(F)c(CO)c2)c(C)c1. The number of hydrogen-bond donors (Lipinski definition) is 2. The summed E-state index contributed by atoms with van der Waals surface area (Å²) in [5, 5.41) is 9.02. The van der Waals surface area contributed by atoms with Crippen LogP contribution in [0.25, 0.3) is 0 Å². The normalized spacial score (nSPS) is 11.4. The van der Waals surface area contributed by atoms with Crippen molar-refractivity contribution in [2.45, 2.75) is 25.3 Å². The smallest absolute Gasteiger partial charge is 0.261 e. The predicted octanol–water partition coefficient (Wildman–Crippen LogP) is 2.74. The Morgan fingerprint density at radius 1 is 1.14 bits per heavy atom. The molecule has 0 aliphatic rings. The fourth-order valence-electron chi connectivity index (χ4n) is 1.97. The molecular weight excluding hydrogens is 293 g/mol. The minimum absolute atomic E-state index is 0.0569. The third kappa shape index (κ3) is 3.40. The van der Waals surface area contributed by atoms with Gasteiger partial charge in [0.2, 0.25) is 0 Å². The minimum Gasteiger partial charge on any atom is -0.392 e. The fourth-order valence-corrected chi connectivity index (χ4v) is 3.15. The van der Waals surface area contributed by atoms with Crippen LogP contribution >= 0.6 is 0 Å². The average molecular weight is 309 g/mol. The lowest BCUT2D eigenvalue weighted by Gasteiger charge is -2.12. The van der Waals surface area contributed by atoms with Crippen molar-refractivity contribution in [3.63, 3.8) is 0 Å². The van der Waals surface area contributed by atoms with E-state index in [2.05, 4.69) is 4.72 Å². The molecule has 0 aromatic heterocycles. The maximum Gasteiger partial charge on any atom is 0.261 e. The summed E-state index contributed by atoms with van der Waals surface area (Å²) in [6.07, 6.45) is 0. The third-order valence-corrected chi connectivity index (χ3v) is 4.49. The highest BCUT2D eigenvalue weighted by Gasteiger charge is 2.17. The van der Waals surface area contributed by atoms with E-state index in [0.29, 0.717) is 5.69 Å². The number of nitrogens with one attached hydrogen (secondary N) is 1. The van der Waals surface area contributed by atoms with Crippen molar-refractivity contribution in [1.29, 1.82) is 0 Å². The highest BCUT2D eigenvalue weighted by atomic mass is 32.2. The summed E-state index contributed by atoms with van der Waals surface area (Å²) in [4.78, 5) is -0.0899. The second-order valence-electron chi connectivity index (χ2n) is 4.84. The first kappa shape index (κ1) is 15.5. The van der Waals surface area contributed by atoms with E-state index in [-0.39, 0.29) is 10.5 Å². The van der Waals surface area contributed by atoms with Crippen molar-refractivity contribution >= 4 is 15.7 Å². The lowest BCUT2D eigenvalue weighted by molar-refractivity contribution is 0.275. The van der Waals surface area contributed by atoms with E-state index in [1.807, 2.05) is 13.0 Å². The van der Waals surface area contributed by atoms with Crippen LogP contribution in [-0.4, -0.2) is 13.5 Å². The summed E-state index contributed by atoms with van der Waals surface area (Å²) >= 11 is 0. The van der Waals surface area contributed by atoms with E-state index in [1.165, 1.54) is 6.07 Å². The quantitative estimate of drug-likeness (QED) is 0.912. The van der Waals surface area contributed by atoms with Gasteiger partial charge in [0.05, 0.1) is 17.2 Å². The zero-order valence-corrected chi connectivity index (χ0v) is 12.5. The number of halogens is 1. The second-order valence-corrected chi connectivity index (χ2v) is 6.52. The molecule has 21 heavy (non-hydrogen) atoms. The van der Waals surface area contributed by atoms with Crippen LogP contribution in [0.15, 0.2) is 41.3 Å². The molecule has 112 valence electrons. The van der Waals surface area contributed by atoms with E-state index in [1.54, 1.807) is 19.1 Å². The predicted molar refractivity (Wildman–Crippen MR) is 79.0 cm³/mol. The molecule has 2 aromatic carbocycles. The Morgan fingerprint density at radius 2 is 1.86 bits per heavy atom. The molecule has 0 radical (unpaired) electrons. The van der Waals surface area contributed by atoms with Crippen LogP contribution in [0.1, 0.15) is 16.7 Å². The molecule has 0 atom stereocenters. The molecule has 6 heteroatoms. The maximum absolute atomic E-state index is 13.3. The van der Waals surface area contributed by atoms with Crippen LogP contribution in [0.5, 0.6) is 0 Å². The summed E-state index contributed by atoms with van der Waals surface area (Å²) in [5.74, 6) is -0.636. The van der Waals surface area contributed by atoms with Gasteiger partial charge in [-0.1, -0.05) is 17.7 Å². The lowest BCUT2D eigenvalue weighted by Crippen LogP contribution is -2.14. The molecule has 0 saturated heterocycles. The zero-order valence-electron chi connectivity index (χ0n) is 11.7. The molecule has 0 spiro atoms. The molecule has 0 unspecified atom stereocenters. The molecule has 0 aliphatic heterocycles. The minimum atomic E-state index is -3.83. The van der Waals surface area contributed by atoms with Gasteiger partial charge in [0.1, 0.15) is 5.82 Å². The van der Waals surface area contributed by atoms with Crippen LogP contribution in [0.2, 0.25) is 0 Å². The molecule has 0 bridgehead atoms. The molecule has 0 saturated carbocycles. The van der Waals surface area contributed by atoms with Crippen LogP contribution in [0.3, 0.4) is 0 Å². The van der Waals surface area contributed by atoms with Gasteiger partial charge in [-0.2, -0.15) is 0 Å². The van der Waals surface area contributed by atoms with Crippen LogP contribution in [-0.2, 0) is 16.6 Å². The Hall–Kier alpha value is -1.92. The van der Waals surface area contributed by atoms with Crippen molar-refractivity contribution in [2.75, 3.05) is 4.72 Å². The molecule has 2 rings (SSSR count). The Bertz CT molecular complexity index is 772. The van der Waals surface area contributed by atoms with E-state index in [9.17, 15) is 12.8 Å². The van der Waals surface area contributed by atoms with Crippen molar-refractivity contribution in [3.8, 4) is 0 Å². The number of hydrogen-bond acceptors (Lipinski definition) is 3. The molecule has 2 aromatic rings. The summed E-state index contributed by atoms with van der Waals surface area (Å²) in [7, 11) is -3.83. The number of aryl methyl sites for hydroxylation is 2. The number of benzene rings is 2. The first-order valence-electron chi connectivity index (χ1n) is 6.33. The van der Waals surface area contributed by atoms with Crippen molar-refractivity contribution in [2.24, 2.45) is 0 Å². The van der Waals surface area contributed by atoms with Gasteiger partial charge in [0, 0.05) is 5.56 Å². The van der Waals surface area contributed by atoms with Gasteiger partial charge in [-0.3, -0.25) is 4.72 Å². The lowest BCUT2D eigenvalue weighted by atomic mass is 10.1. The van der Waals surface area contributed by atoms with Crippen molar-refractivity contribution in [1.82, 2.24) is 0 Å². The molecule has 0 heterocycles. The van der Waals surface area contributed by atoms with Crippen LogP contribution in [0.4, 0.5) is 10.1 Å². The third-order valence-electron chi connectivity index (χ3n) is 3.12. The highest BCUT2D eigenvalue weighted by Crippen LogP contribution is 2.22. The summed E-state index contributed by atoms with van der Waals surface area (Å²) < 4.78 is 40.4. The molecular formula is C15H16FNO3S. The standard InChI is InChI=1S/C15H16FNO3S/c1-10-3-6-15(11(2)7-10)17-21(19,20)13-4-5-14(16)12(8-13)9-18/h3-8,17-18H,9H2,1-2H3. The van der Waals surface area contributed by atoms with Crippen molar-refractivity contribution < 1.29 is 17.9 Å². The average Bonchev–Trinajstić information content (AvgIpc) is 2.42. The Morgan fingerprint density at radius 3 is 2.48 bits per heavy atom. The van der Waals surface area contributed by atoms with Crippen LogP contribution in [0, 0.1) is 19.7 Å². The van der Waals surface area contributed by atoms with Gasteiger partial charge >= 0.3 is 0 Å². The highest BCUT2D eigenvalue weighted by molar-refractivity contribution is 7.92. The number of sulfonamides is 1.